The van der Waals surface area contributed by atoms with E-state index in [1.165, 1.54) is 9.80 Å². The molecule has 2 N–H and O–H groups in total. The number of carbonyl (C=O) groups excluding carboxylic acids is 4. The maximum absolute atomic E-state index is 12.3. The topological polar surface area (TPSA) is 91.4 Å². The summed E-state index contributed by atoms with van der Waals surface area (Å²) in [4.78, 5) is 51.6. The van der Waals surface area contributed by atoms with Crippen molar-refractivity contribution in [1.82, 2.24) is 9.80 Å². The lowest BCUT2D eigenvalue weighted by Gasteiger charge is -2.15. The van der Waals surface area contributed by atoms with E-state index in [1.807, 2.05) is 5.32 Å². The van der Waals surface area contributed by atoms with Crippen molar-refractivity contribution < 1.29 is 24.5 Å². The van der Waals surface area contributed by atoms with Gasteiger partial charge in [-0.05, 0) is 24.3 Å². The molecule has 0 unspecified atom stereocenters. The highest BCUT2D eigenvalue weighted by molar-refractivity contribution is 6.22. The largest absolute Gasteiger partial charge is 0.343 e. The molecule has 0 bridgehead atoms. The summed E-state index contributed by atoms with van der Waals surface area (Å²) in [6, 6.07) is 13.6. The van der Waals surface area contributed by atoms with Crippen LogP contribution in [0, 0.1) is 0 Å². The summed E-state index contributed by atoms with van der Waals surface area (Å²) in [5, 5.41) is 1.90. The number of quaternary nitrogens is 1. The molecule has 0 radical (unpaired) electrons. The van der Waals surface area contributed by atoms with Gasteiger partial charge in [-0.25, -0.2) is 0 Å². The van der Waals surface area contributed by atoms with Crippen molar-refractivity contribution >= 4 is 23.6 Å². The van der Waals surface area contributed by atoms with Crippen LogP contribution in [0.4, 0.5) is 0 Å². The van der Waals surface area contributed by atoms with Crippen molar-refractivity contribution in [2.75, 3.05) is 26.2 Å². The number of imide groups is 2. The van der Waals surface area contributed by atoms with Gasteiger partial charge in [-0.1, -0.05) is 24.3 Å². The lowest BCUT2D eigenvalue weighted by molar-refractivity contribution is -0.652. The van der Waals surface area contributed by atoms with E-state index in [4.69, 9.17) is 0 Å². The van der Waals surface area contributed by atoms with E-state index in [1.54, 1.807) is 48.5 Å². The summed E-state index contributed by atoms with van der Waals surface area (Å²) in [6.07, 6.45) is 0. The number of amides is 4. The van der Waals surface area contributed by atoms with Gasteiger partial charge in [0.1, 0.15) is 0 Å². The Morgan fingerprint density at radius 3 is 1.15 bits per heavy atom. The molecule has 136 valence electrons. The molecule has 0 fully saturated rings. The molecular formula is C20H18N3O4+. The third-order valence-corrected chi connectivity index (χ3v) is 4.87. The summed E-state index contributed by atoms with van der Waals surface area (Å²) < 4.78 is 0. The number of rotatable bonds is 6. The molecule has 0 aromatic heterocycles. The van der Waals surface area contributed by atoms with Gasteiger partial charge in [0, 0.05) is 0 Å². The SMILES string of the molecule is O=C1c2ccccc2C(=O)N1CC[NH2+]CCN1C(=O)c2ccccc2C1=O. The van der Waals surface area contributed by atoms with Crippen molar-refractivity contribution in [2.45, 2.75) is 0 Å². The molecule has 2 aliphatic heterocycles. The summed E-state index contributed by atoms with van der Waals surface area (Å²) >= 11 is 0. The Labute approximate surface area is 155 Å². The monoisotopic (exact) mass is 364 g/mol. The summed E-state index contributed by atoms with van der Waals surface area (Å²) in [5.74, 6) is -1.10. The van der Waals surface area contributed by atoms with Gasteiger partial charge in [-0.2, -0.15) is 0 Å². The molecule has 0 aliphatic carbocycles. The van der Waals surface area contributed by atoms with Crippen LogP contribution in [0.25, 0.3) is 0 Å². The van der Waals surface area contributed by atoms with E-state index in [9.17, 15) is 19.2 Å². The third-order valence-electron chi connectivity index (χ3n) is 4.87. The van der Waals surface area contributed by atoms with Crippen LogP contribution in [0.3, 0.4) is 0 Å². The number of benzene rings is 2. The second-order valence-corrected chi connectivity index (χ2v) is 6.48. The van der Waals surface area contributed by atoms with Gasteiger partial charge >= 0.3 is 0 Å². The van der Waals surface area contributed by atoms with Gasteiger partial charge in [0.15, 0.2) is 0 Å². The lowest BCUT2D eigenvalue weighted by atomic mass is 10.1. The van der Waals surface area contributed by atoms with Crippen LogP contribution in [-0.2, 0) is 0 Å². The standard InChI is InChI=1S/C20H17N3O4/c24-17-13-5-1-2-6-14(13)18(25)22(17)11-9-21-10-12-23-19(26)15-7-3-4-8-16(15)20(23)27/h1-8,21H,9-12H2/p+1. The maximum Gasteiger partial charge on any atom is 0.261 e. The zero-order valence-electron chi connectivity index (χ0n) is 14.6. The van der Waals surface area contributed by atoms with Crippen LogP contribution in [0.15, 0.2) is 48.5 Å². The first-order valence-corrected chi connectivity index (χ1v) is 8.81. The number of nitrogens with two attached hydrogens (primary N) is 1. The molecule has 2 aliphatic rings. The molecule has 0 spiro atoms. The molecule has 2 aromatic rings. The molecule has 2 aromatic carbocycles. The van der Waals surface area contributed by atoms with E-state index in [-0.39, 0.29) is 36.7 Å². The van der Waals surface area contributed by atoms with Crippen molar-refractivity contribution in [3.8, 4) is 0 Å². The van der Waals surface area contributed by atoms with Crippen LogP contribution in [-0.4, -0.2) is 59.6 Å². The Kier molecular flexibility index (Phi) is 4.29. The Hall–Kier alpha value is -3.32. The van der Waals surface area contributed by atoms with E-state index in [0.717, 1.165) is 0 Å². The van der Waals surface area contributed by atoms with Crippen LogP contribution < -0.4 is 5.32 Å². The minimum absolute atomic E-state index is 0.274. The zero-order chi connectivity index (χ0) is 19.0. The van der Waals surface area contributed by atoms with Crippen LogP contribution in [0.2, 0.25) is 0 Å². The summed E-state index contributed by atoms with van der Waals surface area (Å²) in [7, 11) is 0. The van der Waals surface area contributed by atoms with Gasteiger partial charge in [-0.15, -0.1) is 0 Å². The van der Waals surface area contributed by atoms with E-state index >= 15 is 0 Å². The molecule has 27 heavy (non-hydrogen) atoms. The minimum atomic E-state index is -0.274. The van der Waals surface area contributed by atoms with Crippen LogP contribution in [0.1, 0.15) is 41.4 Å². The highest BCUT2D eigenvalue weighted by Gasteiger charge is 2.36. The van der Waals surface area contributed by atoms with Gasteiger partial charge < -0.3 is 5.32 Å². The number of hydrogen-bond acceptors (Lipinski definition) is 4. The molecule has 2 heterocycles. The fraction of sp³-hybridized carbons (Fsp3) is 0.200. The van der Waals surface area contributed by atoms with Crippen LogP contribution in [0.5, 0.6) is 0 Å². The first-order chi connectivity index (χ1) is 13.1. The van der Waals surface area contributed by atoms with Crippen molar-refractivity contribution in [1.29, 1.82) is 0 Å². The Balaban J connectivity index is 1.28. The maximum atomic E-state index is 12.3. The predicted molar refractivity (Wildman–Crippen MR) is 95.3 cm³/mol. The summed E-state index contributed by atoms with van der Waals surface area (Å²) in [6.45, 7) is 1.59. The molecule has 0 saturated heterocycles. The van der Waals surface area contributed by atoms with E-state index < -0.39 is 0 Å². The average Bonchev–Trinajstić information content (AvgIpc) is 3.08. The first kappa shape index (κ1) is 17.1. The molecule has 0 atom stereocenters. The van der Waals surface area contributed by atoms with Gasteiger partial charge in [-0.3, -0.25) is 29.0 Å². The third kappa shape index (κ3) is 2.82. The van der Waals surface area contributed by atoms with Crippen molar-refractivity contribution in [3.05, 3.63) is 70.8 Å². The fourth-order valence-electron chi connectivity index (χ4n) is 3.47. The zero-order valence-corrected chi connectivity index (χ0v) is 14.6. The number of fused-ring (bicyclic) bond motifs is 2. The van der Waals surface area contributed by atoms with E-state index in [0.29, 0.717) is 35.3 Å². The Morgan fingerprint density at radius 2 is 0.852 bits per heavy atom. The minimum Gasteiger partial charge on any atom is -0.343 e. The molecule has 4 rings (SSSR count). The number of hydrogen-bond donors (Lipinski definition) is 1. The van der Waals surface area contributed by atoms with Crippen LogP contribution >= 0.6 is 0 Å². The second kappa shape index (κ2) is 6.77. The highest BCUT2D eigenvalue weighted by atomic mass is 16.2. The molecule has 7 nitrogen and oxygen atoms in total. The quantitative estimate of drug-likeness (QED) is 0.583. The van der Waals surface area contributed by atoms with Gasteiger partial charge in [0.25, 0.3) is 23.6 Å². The Morgan fingerprint density at radius 1 is 0.556 bits per heavy atom. The van der Waals surface area contributed by atoms with Crippen molar-refractivity contribution in [3.63, 3.8) is 0 Å². The summed E-state index contributed by atoms with van der Waals surface area (Å²) in [5.41, 5.74) is 1.75. The number of nitrogens with zero attached hydrogens (tertiary/aromatic N) is 2. The second-order valence-electron chi connectivity index (χ2n) is 6.48. The molecule has 7 heteroatoms. The Bertz CT molecular complexity index is 822. The highest BCUT2D eigenvalue weighted by Crippen LogP contribution is 2.22. The van der Waals surface area contributed by atoms with Gasteiger partial charge in [0.2, 0.25) is 0 Å². The molecular weight excluding hydrogens is 346 g/mol. The van der Waals surface area contributed by atoms with E-state index in [2.05, 4.69) is 0 Å². The van der Waals surface area contributed by atoms with Gasteiger partial charge in [0.05, 0.1) is 48.4 Å². The first-order valence-electron chi connectivity index (χ1n) is 8.81. The predicted octanol–water partition coefficient (Wildman–Crippen LogP) is 0.142. The lowest BCUT2D eigenvalue weighted by Crippen LogP contribution is -2.87. The fourth-order valence-corrected chi connectivity index (χ4v) is 3.47. The molecule has 0 saturated carbocycles. The average molecular weight is 364 g/mol. The number of carbonyl (C=O) groups is 4. The van der Waals surface area contributed by atoms with Crippen molar-refractivity contribution in [2.24, 2.45) is 0 Å². The normalized spacial score (nSPS) is 15.6. The molecule has 4 amide bonds. The smallest absolute Gasteiger partial charge is 0.261 e.